The van der Waals surface area contributed by atoms with E-state index in [2.05, 4.69) is 25.2 Å². The van der Waals surface area contributed by atoms with Crippen molar-refractivity contribution in [1.82, 2.24) is 30.2 Å². The summed E-state index contributed by atoms with van der Waals surface area (Å²) in [6.07, 6.45) is 8.14. The van der Waals surface area contributed by atoms with E-state index in [4.69, 9.17) is 19.2 Å². The number of hydrogen-bond acceptors (Lipinski definition) is 10. The number of rotatable bonds is 9. The first-order valence-electron chi connectivity index (χ1n) is 13.2. The monoisotopic (exact) mass is 521 g/mol. The molecule has 38 heavy (non-hydrogen) atoms. The van der Waals surface area contributed by atoms with Crippen LogP contribution >= 0.6 is 0 Å². The van der Waals surface area contributed by atoms with Crippen LogP contribution in [-0.2, 0) is 4.74 Å². The number of amides is 1. The molecule has 0 bridgehead atoms. The highest BCUT2D eigenvalue weighted by molar-refractivity contribution is 5.90. The molecule has 1 aliphatic heterocycles. The number of nitrogens with zero attached hydrogens (tertiary/aromatic N) is 6. The molecule has 1 saturated carbocycles. The zero-order chi connectivity index (χ0) is 26.3. The van der Waals surface area contributed by atoms with Crippen molar-refractivity contribution in [3.05, 3.63) is 42.6 Å². The molecule has 2 aliphatic rings. The lowest BCUT2D eigenvalue weighted by Gasteiger charge is -2.30. The Hall–Kier alpha value is -3.57. The second-order valence-corrected chi connectivity index (χ2v) is 9.91. The van der Waals surface area contributed by atoms with Crippen LogP contribution in [0.2, 0.25) is 0 Å². The summed E-state index contributed by atoms with van der Waals surface area (Å²) < 4.78 is 17.5. The van der Waals surface area contributed by atoms with Gasteiger partial charge in [0.1, 0.15) is 18.5 Å². The molecule has 0 aromatic carbocycles. The maximum absolute atomic E-state index is 12.7. The largest absolute Gasteiger partial charge is 0.489 e. The van der Waals surface area contributed by atoms with Gasteiger partial charge in [-0.1, -0.05) is 0 Å². The molecule has 11 heteroatoms. The number of carbonyl (C=O) groups excluding carboxylic acids is 1. The van der Waals surface area contributed by atoms with Crippen molar-refractivity contribution in [3.8, 4) is 11.6 Å². The molecule has 1 aliphatic carbocycles. The number of likely N-dealkylation sites (N-methyl/N-ethyl adjacent to an activating group) is 1. The Kier molecular flexibility index (Phi) is 8.44. The Bertz CT molecular complexity index is 1210. The summed E-state index contributed by atoms with van der Waals surface area (Å²) >= 11 is 0. The van der Waals surface area contributed by atoms with Crippen molar-refractivity contribution in [3.63, 3.8) is 0 Å². The van der Waals surface area contributed by atoms with Gasteiger partial charge in [-0.15, -0.1) is 0 Å². The van der Waals surface area contributed by atoms with Gasteiger partial charge < -0.3 is 29.3 Å². The summed E-state index contributed by atoms with van der Waals surface area (Å²) in [6, 6.07) is 5.97. The first-order valence-corrected chi connectivity index (χ1v) is 13.2. The van der Waals surface area contributed by atoms with E-state index >= 15 is 0 Å². The van der Waals surface area contributed by atoms with Gasteiger partial charge in [-0.05, 0) is 51.9 Å². The second kappa shape index (κ2) is 12.3. The van der Waals surface area contributed by atoms with E-state index in [1.165, 1.54) is 0 Å². The molecule has 0 unspecified atom stereocenters. The standard InChI is InChI=1S/C27H35N7O4/c1-33(2)10-15-37-21-17-29-25(30-18-21)26(35)31-19-5-7-20(8-6-19)38-27-22-4-3-9-28-23(22)16-24(32-27)34-11-13-36-14-12-34/h3-4,9,16-20H,5-8,10-15H2,1-2H3,(H,31,35)/t19-,20+. The fourth-order valence-electron chi connectivity index (χ4n) is 4.66. The van der Waals surface area contributed by atoms with Crippen LogP contribution in [0.25, 0.3) is 10.9 Å². The molecule has 202 valence electrons. The molecular weight excluding hydrogens is 486 g/mol. The van der Waals surface area contributed by atoms with E-state index < -0.39 is 0 Å². The molecule has 0 radical (unpaired) electrons. The topological polar surface area (TPSA) is 115 Å². The highest BCUT2D eigenvalue weighted by atomic mass is 16.5. The number of fused-ring (bicyclic) bond motifs is 1. The Morgan fingerprint density at radius 2 is 1.89 bits per heavy atom. The number of anilines is 1. The molecule has 1 N–H and O–H groups in total. The minimum absolute atomic E-state index is 0.0221. The molecule has 3 aromatic heterocycles. The average molecular weight is 522 g/mol. The Morgan fingerprint density at radius 1 is 1.13 bits per heavy atom. The van der Waals surface area contributed by atoms with E-state index in [0.717, 1.165) is 62.0 Å². The molecule has 4 heterocycles. The van der Waals surface area contributed by atoms with E-state index in [0.29, 0.717) is 31.5 Å². The van der Waals surface area contributed by atoms with Crippen molar-refractivity contribution in [2.45, 2.75) is 37.8 Å². The number of aromatic nitrogens is 4. The molecular formula is C27H35N7O4. The van der Waals surface area contributed by atoms with Crippen LogP contribution in [0, 0.1) is 0 Å². The Balaban J connectivity index is 1.15. The fraction of sp³-hybridized carbons (Fsp3) is 0.519. The van der Waals surface area contributed by atoms with Crippen molar-refractivity contribution >= 4 is 22.6 Å². The smallest absolute Gasteiger partial charge is 0.289 e. The van der Waals surface area contributed by atoms with Crippen LogP contribution in [-0.4, -0.2) is 96.4 Å². The molecule has 1 amide bonds. The lowest BCUT2D eigenvalue weighted by molar-refractivity contribution is 0.0881. The predicted molar refractivity (Wildman–Crippen MR) is 143 cm³/mol. The summed E-state index contributed by atoms with van der Waals surface area (Å²) in [7, 11) is 3.96. The predicted octanol–water partition coefficient (Wildman–Crippen LogP) is 2.32. The number of nitrogens with one attached hydrogen (secondary N) is 1. The third kappa shape index (κ3) is 6.65. The van der Waals surface area contributed by atoms with Crippen LogP contribution in [0.3, 0.4) is 0 Å². The van der Waals surface area contributed by atoms with Gasteiger partial charge in [0, 0.05) is 37.9 Å². The number of pyridine rings is 2. The maximum Gasteiger partial charge on any atom is 0.289 e. The second-order valence-electron chi connectivity index (χ2n) is 9.91. The number of carbonyl (C=O) groups is 1. The minimum Gasteiger partial charge on any atom is -0.489 e. The van der Waals surface area contributed by atoms with Crippen LogP contribution in [0.1, 0.15) is 36.3 Å². The van der Waals surface area contributed by atoms with Gasteiger partial charge in [0.2, 0.25) is 11.7 Å². The quantitative estimate of drug-likeness (QED) is 0.450. The first-order chi connectivity index (χ1) is 18.5. The van der Waals surface area contributed by atoms with Crippen LogP contribution in [0.15, 0.2) is 36.8 Å². The SMILES string of the molecule is CN(C)CCOc1cnc(C(=O)N[C@H]2CC[C@@H](Oc3nc(N4CCOCC4)cc4ncccc34)CC2)nc1. The van der Waals surface area contributed by atoms with Gasteiger partial charge in [0.05, 0.1) is 36.5 Å². The third-order valence-electron chi connectivity index (χ3n) is 6.81. The summed E-state index contributed by atoms with van der Waals surface area (Å²) in [5.74, 6) is 1.91. The van der Waals surface area contributed by atoms with Gasteiger partial charge >= 0.3 is 0 Å². The molecule has 0 atom stereocenters. The maximum atomic E-state index is 12.7. The lowest BCUT2D eigenvalue weighted by atomic mass is 9.93. The van der Waals surface area contributed by atoms with E-state index in [1.807, 2.05) is 37.2 Å². The lowest BCUT2D eigenvalue weighted by Crippen LogP contribution is -2.40. The summed E-state index contributed by atoms with van der Waals surface area (Å²) in [5.41, 5.74) is 0.869. The zero-order valence-electron chi connectivity index (χ0n) is 22.0. The Morgan fingerprint density at radius 3 is 2.63 bits per heavy atom. The van der Waals surface area contributed by atoms with Crippen molar-refractivity contribution in [2.75, 3.05) is 58.5 Å². The molecule has 0 spiro atoms. The van der Waals surface area contributed by atoms with Crippen LogP contribution < -0.4 is 19.7 Å². The van der Waals surface area contributed by atoms with Gasteiger partial charge in [0.25, 0.3) is 5.91 Å². The highest BCUT2D eigenvalue weighted by Gasteiger charge is 2.26. The molecule has 2 fully saturated rings. The molecule has 3 aromatic rings. The molecule has 5 rings (SSSR count). The normalized spacial score (nSPS) is 19.9. The fourth-order valence-corrected chi connectivity index (χ4v) is 4.66. The van der Waals surface area contributed by atoms with Crippen LogP contribution in [0.5, 0.6) is 11.6 Å². The number of hydrogen-bond donors (Lipinski definition) is 1. The van der Waals surface area contributed by atoms with Gasteiger partial charge in [-0.2, -0.15) is 4.98 Å². The van der Waals surface area contributed by atoms with Gasteiger partial charge in [-0.25, -0.2) is 9.97 Å². The zero-order valence-corrected chi connectivity index (χ0v) is 22.0. The summed E-state index contributed by atoms with van der Waals surface area (Å²) in [6.45, 7) is 4.29. The number of ether oxygens (including phenoxy) is 3. The molecule has 1 saturated heterocycles. The van der Waals surface area contributed by atoms with Crippen LogP contribution in [0.4, 0.5) is 5.82 Å². The summed E-state index contributed by atoms with van der Waals surface area (Å²) in [5, 5.41) is 3.98. The Labute approximate surface area is 222 Å². The minimum atomic E-state index is -0.272. The van der Waals surface area contributed by atoms with E-state index in [9.17, 15) is 4.79 Å². The van der Waals surface area contributed by atoms with Crippen molar-refractivity contribution in [1.29, 1.82) is 0 Å². The summed E-state index contributed by atoms with van der Waals surface area (Å²) in [4.78, 5) is 34.7. The van der Waals surface area contributed by atoms with E-state index in [-0.39, 0.29) is 23.9 Å². The van der Waals surface area contributed by atoms with Gasteiger partial charge in [0.15, 0.2) is 5.75 Å². The van der Waals surface area contributed by atoms with Crippen molar-refractivity contribution in [2.24, 2.45) is 0 Å². The average Bonchev–Trinajstić information content (AvgIpc) is 2.94. The first kappa shape index (κ1) is 26.1. The van der Waals surface area contributed by atoms with E-state index in [1.54, 1.807) is 18.6 Å². The third-order valence-corrected chi connectivity index (χ3v) is 6.81. The van der Waals surface area contributed by atoms with Crippen molar-refractivity contribution < 1.29 is 19.0 Å². The number of morpholine rings is 1. The highest BCUT2D eigenvalue weighted by Crippen LogP contribution is 2.31. The van der Waals surface area contributed by atoms with Gasteiger partial charge in [-0.3, -0.25) is 9.78 Å². The molecule has 11 nitrogen and oxygen atoms in total.